The van der Waals surface area contributed by atoms with Crippen molar-refractivity contribution in [2.75, 3.05) is 7.05 Å². The molecular weight excluding hydrogens is 261 g/mol. The van der Waals surface area contributed by atoms with Gasteiger partial charge in [0.15, 0.2) is 0 Å². The monoisotopic (exact) mass is 295 g/mol. The zero-order chi connectivity index (χ0) is 16.7. The van der Waals surface area contributed by atoms with Gasteiger partial charge >= 0.3 is 0 Å². The van der Waals surface area contributed by atoms with Gasteiger partial charge in [0, 0.05) is 6.04 Å². The molecule has 0 saturated heterocycles. The third-order valence-corrected chi connectivity index (χ3v) is 3.46. The van der Waals surface area contributed by atoms with Crippen molar-refractivity contribution in [2.24, 2.45) is 5.92 Å². The van der Waals surface area contributed by atoms with Gasteiger partial charge in [-0.1, -0.05) is 45.7 Å². The molecule has 1 fully saturated rings. The minimum absolute atomic E-state index is 0.162. The molecule has 0 spiro atoms. The molecular formula is C19H34FN. The molecule has 21 heavy (non-hydrogen) atoms. The summed E-state index contributed by atoms with van der Waals surface area (Å²) in [6.07, 6.45) is 5.68. The predicted molar refractivity (Wildman–Crippen MR) is 94.2 cm³/mol. The number of aryl methyl sites for hydroxylation is 1. The van der Waals surface area contributed by atoms with E-state index in [1.54, 1.807) is 6.07 Å². The number of halogens is 1. The van der Waals surface area contributed by atoms with Gasteiger partial charge in [-0.2, -0.15) is 0 Å². The lowest BCUT2D eigenvalue weighted by Gasteiger charge is -2.27. The van der Waals surface area contributed by atoms with E-state index in [2.05, 4.69) is 32.4 Å². The van der Waals surface area contributed by atoms with Crippen LogP contribution >= 0.6 is 0 Å². The standard InChI is InChI=1S/C8H17N.C7H7F.C2H6.C2H4/c1-7-5-3-4-6-8(7)9-2;1-6-3-2-4-7(8)5-6;2*1-2/h7-9H,3-6H2,1-2H3;2-5H,1H3;1-2H3;1-2H2/t7-,8?;;;/m0.../s1. The molecule has 1 unspecified atom stereocenters. The zero-order valence-electron chi connectivity index (χ0n) is 14.6. The van der Waals surface area contributed by atoms with Crippen LogP contribution in [0, 0.1) is 18.7 Å². The maximum absolute atomic E-state index is 12.2. The second-order valence-electron chi connectivity index (χ2n) is 4.96. The van der Waals surface area contributed by atoms with Crippen LogP contribution in [0.2, 0.25) is 0 Å². The van der Waals surface area contributed by atoms with Crippen molar-refractivity contribution in [3.8, 4) is 0 Å². The average Bonchev–Trinajstić information content (AvgIpc) is 2.52. The highest BCUT2D eigenvalue weighted by Gasteiger charge is 2.18. The number of benzene rings is 1. The summed E-state index contributed by atoms with van der Waals surface area (Å²) in [6.45, 7) is 14.2. The first-order valence-corrected chi connectivity index (χ1v) is 8.03. The van der Waals surface area contributed by atoms with Gasteiger partial charge in [-0.05, 0) is 50.4 Å². The Balaban J connectivity index is 0. The Morgan fingerprint density at radius 2 is 1.71 bits per heavy atom. The molecule has 0 aliphatic heterocycles. The fourth-order valence-electron chi connectivity index (χ4n) is 2.35. The van der Waals surface area contributed by atoms with Crippen molar-refractivity contribution < 1.29 is 4.39 Å². The lowest BCUT2D eigenvalue weighted by atomic mass is 9.86. The fourth-order valence-corrected chi connectivity index (χ4v) is 2.35. The summed E-state index contributed by atoms with van der Waals surface area (Å²) < 4.78 is 12.2. The molecule has 1 saturated carbocycles. The van der Waals surface area contributed by atoms with Crippen molar-refractivity contribution >= 4 is 0 Å². The van der Waals surface area contributed by atoms with Crippen molar-refractivity contribution in [1.29, 1.82) is 0 Å². The zero-order valence-corrected chi connectivity index (χ0v) is 14.6. The minimum atomic E-state index is -0.162. The Hall–Kier alpha value is -1.15. The van der Waals surface area contributed by atoms with E-state index in [0.29, 0.717) is 0 Å². The maximum atomic E-state index is 12.2. The summed E-state index contributed by atoms with van der Waals surface area (Å²) in [5.41, 5.74) is 0.963. The van der Waals surface area contributed by atoms with Crippen LogP contribution in [0.5, 0.6) is 0 Å². The highest BCUT2D eigenvalue weighted by molar-refractivity contribution is 5.13. The number of rotatable bonds is 1. The summed E-state index contributed by atoms with van der Waals surface area (Å²) >= 11 is 0. The SMILES string of the molecule is C=C.CC.CNC1CCCC[C@@H]1C.Cc1cccc(F)c1. The van der Waals surface area contributed by atoms with Gasteiger partial charge < -0.3 is 5.32 Å². The molecule has 2 heteroatoms. The first-order valence-electron chi connectivity index (χ1n) is 8.03. The van der Waals surface area contributed by atoms with Gasteiger partial charge in [0.2, 0.25) is 0 Å². The Morgan fingerprint density at radius 3 is 2.05 bits per heavy atom. The van der Waals surface area contributed by atoms with Crippen molar-refractivity contribution in [2.45, 2.75) is 59.4 Å². The van der Waals surface area contributed by atoms with Crippen LogP contribution in [0.3, 0.4) is 0 Å². The first kappa shape index (κ1) is 22.1. The topological polar surface area (TPSA) is 12.0 Å². The number of nitrogens with one attached hydrogen (secondary N) is 1. The van der Waals surface area contributed by atoms with Crippen molar-refractivity contribution in [3.05, 3.63) is 48.8 Å². The van der Waals surface area contributed by atoms with Crippen LogP contribution in [-0.2, 0) is 0 Å². The second-order valence-corrected chi connectivity index (χ2v) is 4.96. The molecule has 122 valence electrons. The highest BCUT2D eigenvalue weighted by atomic mass is 19.1. The van der Waals surface area contributed by atoms with Crippen LogP contribution in [0.25, 0.3) is 0 Å². The Morgan fingerprint density at radius 1 is 1.14 bits per heavy atom. The van der Waals surface area contributed by atoms with E-state index >= 15 is 0 Å². The molecule has 1 aliphatic rings. The van der Waals surface area contributed by atoms with E-state index in [0.717, 1.165) is 17.5 Å². The summed E-state index contributed by atoms with van der Waals surface area (Å²) in [7, 11) is 2.08. The highest BCUT2D eigenvalue weighted by Crippen LogP contribution is 2.22. The van der Waals surface area contributed by atoms with Crippen LogP contribution in [-0.4, -0.2) is 13.1 Å². The van der Waals surface area contributed by atoms with Crippen molar-refractivity contribution in [1.82, 2.24) is 5.32 Å². The van der Waals surface area contributed by atoms with Crippen LogP contribution in [0.4, 0.5) is 4.39 Å². The van der Waals surface area contributed by atoms with Crippen LogP contribution in [0.15, 0.2) is 37.4 Å². The van der Waals surface area contributed by atoms with Gasteiger partial charge in [-0.15, -0.1) is 13.2 Å². The molecule has 0 aromatic heterocycles. The van der Waals surface area contributed by atoms with Gasteiger partial charge in [-0.25, -0.2) is 4.39 Å². The Bertz CT molecular complexity index is 321. The largest absolute Gasteiger partial charge is 0.317 e. The fraction of sp³-hybridized carbons (Fsp3) is 0.579. The Kier molecular flexibility index (Phi) is 16.1. The smallest absolute Gasteiger partial charge is 0.123 e. The number of hydrogen-bond donors (Lipinski definition) is 1. The molecule has 1 aromatic carbocycles. The van der Waals surface area contributed by atoms with Crippen LogP contribution < -0.4 is 5.32 Å². The summed E-state index contributed by atoms with van der Waals surface area (Å²) in [4.78, 5) is 0. The molecule has 1 N–H and O–H groups in total. The van der Waals surface area contributed by atoms with Gasteiger partial charge in [0.1, 0.15) is 5.82 Å². The van der Waals surface area contributed by atoms with Gasteiger partial charge in [0.25, 0.3) is 0 Å². The molecule has 0 heterocycles. The van der Waals surface area contributed by atoms with E-state index in [-0.39, 0.29) is 5.82 Å². The van der Waals surface area contributed by atoms with E-state index in [4.69, 9.17) is 0 Å². The molecule has 0 amide bonds. The summed E-state index contributed by atoms with van der Waals surface area (Å²) in [5, 5.41) is 3.35. The molecule has 0 bridgehead atoms. The third-order valence-electron chi connectivity index (χ3n) is 3.46. The maximum Gasteiger partial charge on any atom is 0.123 e. The van der Waals surface area contributed by atoms with E-state index in [1.165, 1.54) is 37.8 Å². The molecule has 2 atom stereocenters. The molecule has 1 nitrogen and oxygen atoms in total. The molecule has 2 rings (SSSR count). The molecule has 1 aliphatic carbocycles. The lowest BCUT2D eigenvalue weighted by molar-refractivity contribution is 0.294. The molecule has 0 radical (unpaired) electrons. The summed E-state index contributed by atoms with van der Waals surface area (Å²) in [5.74, 6) is 0.744. The molecule has 1 aromatic rings. The minimum Gasteiger partial charge on any atom is -0.317 e. The average molecular weight is 295 g/mol. The van der Waals surface area contributed by atoms with E-state index in [9.17, 15) is 4.39 Å². The third kappa shape index (κ3) is 11.2. The first-order chi connectivity index (χ1) is 10.1. The second kappa shape index (κ2) is 15.2. The van der Waals surface area contributed by atoms with E-state index < -0.39 is 0 Å². The van der Waals surface area contributed by atoms with Gasteiger partial charge in [0.05, 0.1) is 0 Å². The van der Waals surface area contributed by atoms with Crippen LogP contribution in [0.1, 0.15) is 52.0 Å². The van der Waals surface area contributed by atoms with E-state index in [1.807, 2.05) is 26.8 Å². The summed E-state index contributed by atoms with van der Waals surface area (Å²) in [6, 6.07) is 7.31. The quantitative estimate of drug-likeness (QED) is 0.651. The Labute approximate surface area is 131 Å². The van der Waals surface area contributed by atoms with Crippen molar-refractivity contribution in [3.63, 3.8) is 0 Å². The lowest BCUT2D eigenvalue weighted by Crippen LogP contribution is -2.34. The predicted octanol–water partition coefficient (Wildman–Crippen LogP) is 5.75. The normalized spacial score (nSPS) is 19.7. The van der Waals surface area contributed by atoms with Gasteiger partial charge in [-0.3, -0.25) is 0 Å². The number of hydrogen-bond acceptors (Lipinski definition) is 1.